The van der Waals surface area contributed by atoms with Crippen LogP contribution in [0.4, 0.5) is 0 Å². The Morgan fingerprint density at radius 1 is 1.56 bits per heavy atom. The standard InChI is InChI=1S/C7H16N2/c1-2-6-4-3-5-7(6)9-8/h6-7,9H,2-5,8H2,1H3/t6-,7-/m1/s1. The van der Waals surface area contributed by atoms with Crippen molar-refractivity contribution >= 4 is 0 Å². The Labute approximate surface area is 56.8 Å². The molecule has 2 nitrogen and oxygen atoms in total. The van der Waals surface area contributed by atoms with Crippen LogP contribution in [-0.4, -0.2) is 6.04 Å². The van der Waals surface area contributed by atoms with Crippen LogP contribution in [0.1, 0.15) is 32.6 Å². The summed E-state index contributed by atoms with van der Waals surface area (Å²) in [6.07, 6.45) is 5.27. The van der Waals surface area contributed by atoms with Crippen LogP contribution in [0.15, 0.2) is 0 Å². The van der Waals surface area contributed by atoms with Crippen molar-refractivity contribution in [2.45, 2.75) is 38.6 Å². The van der Waals surface area contributed by atoms with Gasteiger partial charge < -0.3 is 0 Å². The summed E-state index contributed by atoms with van der Waals surface area (Å²) in [5.41, 5.74) is 2.86. The minimum atomic E-state index is 0.606. The Kier molecular flexibility index (Phi) is 2.49. The smallest absolute Gasteiger partial charge is 0.0238 e. The summed E-state index contributed by atoms with van der Waals surface area (Å²) >= 11 is 0. The van der Waals surface area contributed by atoms with Gasteiger partial charge in [0.05, 0.1) is 0 Å². The minimum absolute atomic E-state index is 0.606. The van der Waals surface area contributed by atoms with E-state index in [1.807, 2.05) is 0 Å². The van der Waals surface area contributed by atoms with Gasteiger partial charge in [-0.15, -0.1) is 0 Å². The van der Waals surface area contributed by atoms with Crippen molar-refractivity contribution < 1.29 is 0 Å². The molecular formula is C7H16N2. The van der Waals surface area contributed by atoms with Crippen molar-refractivity contribution in [2.75, 3.05) is 0 Å². The molecule has 9 heavy (non-hydrogen) atoms. The predicted molar refractivity (Wildman–Crippen MR) is 38.7 cm³/mol. The van der Waals surface area contributed by atoms with Crippen LogP contribution in [0.2, 0.25) is 0 Å². The molecule has 54 valence electrons. The molecule has 0 aromatic rings. The summed E-state index contributed by atoms with van der Waals surface area (Å²) in [5.74, 6) is 6.19. The number of rotatable bonds is 2. The van der Waals surface area contributed by atoms with E-state index in [0.29, 0.717) is 6.04 Å². The largest absolute Gasteiger partial charge is 0.271 e. The highest BCUT2D eigenvalue weighted by molar-refractivity contribution is 4.79. The second-order valence-corrected chi connectivity index (χ2v) is 2.87. The molecule has 1 rings (SSSR count). The molecule has 1 saturated carbocycles. The average molecular weight is 128 g/mol. The molecule has 0 bridgehead atoms. The number of hydrogen-bond acceptors (Lipinski definition) is 2. The van der Waals surface area contributed by atoms with Crippen molar-refractivity contribution in [1.29, 1.82) is 0 Å². The van der Waals surface area contributed by atoms with E-state index in [9.17, 15) is 0 Å². The fourth-order valence-electron chi connectivity index (χ4n) is 1.74. The normalized spacial score (nSPS) is 35.3. The van der Waals surface area contributed by atoms with Gasteiger partial charge in [-0.1, -0.05) is 19.8 Å². The Morgan fingerprint density at radius 3 is 2.78 bits per heavy atom. The fraction of sp³-hybridized carbons (Fsp3) is 1.00. The van der Waals surface area contributed by atoms with Crippen molar-refractivity contribution in [3.8, 4) is 0 Å². The first-order valence-electron chi connectivity index (χ1n) is 3.84. The molecule has 0 radical (unpaired) electrons. The Balaban J connectivity index is 2.32. The Hall–Kier alpha value is -0.0800. The zero-order chi connectivity index (χ0) is 6.69. The van der Waals surface area contributed by atoms with Gasteiger partial charge >= 0.3 is 0 Å². The maximum absolute atomic E-state index is 5.35. The SMILES string of the molecule is CC[C@@H]1CCC[C@H]1NN. The van der Waals surface area contributed by atoms with Gasteiger partial charge in [-0.05, 0) is 18.8 Å². The van der Waals surface area contributed by atoms with E-state index in [-0.39, 0.29) is 0 Å². The molecule has 2 atom stereocenters. The molecule has 1 aliphatic carbocycles. The lowest BCUT2D eigenvalue weighted by Gasteiger charge is -2.15. The summed E-state index contributed by atoms with van der Waals surface area (Å²) in [6, 6.07) is 0.606. The van der Waals surface area contributed by atoms with Gasteiger partial charge in [0.1, 0.15) is 0 Å². The van der Waals surface area contributed by atoms with Crippen LogP contribution in [-0.2, 0) is 0 Å². The second-order valence-electron chi connectivity index (χ2n) is 2.87. The first-order valence-corrected chi connectivity index (χ1v) is 3.84. The van der Waals surface area contributed by atoms with E-state index in [0.717, 1.165) is 5.92 Å². The first kappa shape index (κ1) is 7.03. The molecule has 0 amide bonds. The Morgan fingerprint density at radius 2 is 2.33 bits per heavy atom. The average Bonchev–Trinajstić information content (AvgIpc) is 2.33. The number of nitrogens with one attached hydrogen (secondary N) is 1. The van der Waals surface area contributed by atoms with Crippen molar-refractivity contribution in [3.05, 3.63) is 0 Å². The highest BCUT2D eigenvalue weighted by Gasteiger charge is 2.23. The summed E-state index contributed by atoms with van der Waals surface area (Å²) in [5, 5.41) is 0. The van der Waals surface area contributed by atoms with Crippen LogP contribution in [0.3, 0.4) is 0 Å². The predicted octanol–water partition coefficient (Wildman–Crippen LogP) is 1.03. The van der Waals surface area contributed by atoms with Crippen LogP contribution >= 0.6 is 0 Å². The maximum Gasteiger partial charge on any atom is 0.0238 e. The van der Waals surface area contributed by atoms with Gasteiger partial charge in [0.2, 0.25) is 0 Å². The van der Waals surface area contributed by atoms with Crippen molar-refractivity contribution in [3.63, 3.8) is 0 Å². The molecule has 0 aromatic carbocycles. The molecule has 1 fully saturated rings. The monoisotopic (exact) mass is 128 g/mol. The molecule has 0 spiro atoms. The topological polar surface area (TPSA) is 38.0 Å². The van der Waals surface area contributed by atoms with Gasteiger partial charge in [-0.2, -0.15) is 0 Å². The lowest BCUT2D eigenvalue weighted by Crippen LogP contribution is -2.37. The summed E-state index contributed by atoms with van der Waals surface area (Å²) < 4.78 is 0. The van der Waals surface area contributed by atoms with E-state index in [4.69, 9.17) is 5.84 Å². The molecule has 3 N–H and O–H groups in total. The first-order chi connectivity index (χ1) is 4.38. The second kappa shape index (κ2) is 3.18. The number of hydrogen-bond donors (Lipinski definition) is 2. The van der Waals surface area contributed by atoms with Crippen LogP contribution in [0.25, 0.3) is 0 Å². The molecule has 0 aliphatic heterocycles. The van der Waals surface area contributed by atoms with E-state index in [2.05, 4.69) is 12.3 Å². The van der Waals surface area contributed by atoms with E-state index in [1.54, 1.807) is 0 Å². The molecule has 0 saturated heterocycles. The van der Waals surface area contributed by atoms with Gasteiger partial charge in [0.15, 0.2) is 0 Å². The lowest BCUT2D eigenvalue weighted by atomic mass is 10.0. The van der Waals surface area contributed by atoms with Crippen molar-refractivity contribution in [2.24, 2.45) is 11.8 Å². The molecular weight excluding hydrogens is 112 g/mol. The third-order valence-corrected chi connectivity index (χ3v) is 2.40. The Bertz CT molecular complexity index is 73.0. The van der Waals surface area contributed by atoms with Crippen LogP contribution in [0.5, 0.6) is 0 Å². The van der Waals surface area contributed by atoms with Crippen LogP contribution in [0, 0.1) is 5.92 Å². The van der Waals surface area contributed by atoms with Gasteiger partial charge in [0.25, 0.3) is 0 Å². The van der Waals surface area contributed by atoms with E-state index < -0.39 is 0 Å². The number of nitrogens with two attached hydrogens (primary N) is 1. The third-order valence-electron chi connectivity index (χ3n) is 2.40. The lowest BCUT2D eigenvalue weighted by molar-refractivity contribution is 0.397. The molecule has 0 aromatic heterocycles. The molecule has 2 heteroatoms. The highest BCUT2D eigenvalue weighted by atomic mass is 15.2. The van der Waals surface area contributed by atoms with Gasteiger partial charge in [-0.25, -0.2) is 0 Å². The van der Waals surface area contributed by atoms with Gasteiger partial charge in [0, 0.05) is 6.04 Å². The fourth-order valence-corrected chi connectivity index (χ4v) is 1.74. The quantitative estimate of drug-likeness (QED) is 0.430. The summed E-state index contributed by atoms with van der Waals surface area (Å²) in [4.78, 5) is 0. The molecule has 0 unspecified atom stereocenters. The zero-order valence-corrected chi connectivity index (χ0v) is 6.06. The van der Waals surface area contributed by atoms with Crippen molar-refractivity contribution in [1.82, 2.24) is 5.43 Å². The summed E-state index contributed by atoms with van der Waals surface area (Å²) in [7, 11) is 0. The van der Waals surface area contributed by atoms with E-state index >= 15 is 0 Å². The maximum atomic E-state index is 5.35. The van der Waals surface area contributed by atoms with Gasteiger partial charge in [-0.3, -0.25) is 11.3 Å². The zero-order valence-electron chi connectivity index (χ0n) is 6.06. The third kappa shape index (κ3) is 1.43. The van der Waals surface area contributed by atoms with Crippen LogP contribution < -0.4 is 11.3 Å². The molecule has 1 aliphatic rings. The summed E-state index contributed by atoms with van der Waals surface area (Å²) in [6.45, 7) is 2.24. The highest BCUT2D eigenvalue weighted by Crippen LogP contribution is 2.27. The van der Waals surface area contributed by atoms with E-state index in [1.165, 1.54) is 25.7 Å². The molecule has 0 heterocycles. The minimum Gasteiger partial charge on any atom is -0.271 e. The number of hydrazine groups is 1.